The number of allylic oxidation sites excluding steroid dienone is 4. The van der Waals surface area contributed by atoms with Gasteiger partial charge in [-0.1, -0.05) is 140 Å². The van der Waals surface area contributed by atoms with Gasteiger partial charge in [-0.3, -0.25) is 0 Å². The minimum absolute atomic E-state index is 0.369. The first-order chi connectivity index (χ1) is 27.7. The van der Waals surface area contributed by atoms with Crippen LogP contribution in [0.4, 0.5) is 0 Å². The quantitative estimate of drug-likeness (QED) is 0.171. The average molecular weight is 720 g/mol. The third-order valence-electron chi connectivity index (χ3n) is 10.9. The van der Waals surface area contributed by atoms with Gasteiger partial charge in [-0.15, -0.1) is 0 Å². The van der Waals surface area contributed by atoms with Crippen molar-refractivity contribution < 1.29 is 8.83 Å². The van der Waals surface area contributed by atoms with E-state index in [4.69, 9.17) is 23.8 Å². The van der Waals surface area contributed by atoms with Crippen LogP contribution in [0, 0.1) is 0 Å². The highest BCUT2D eigenvalue weighted by atomic mass is 16.3. The van der Waals surface area contributed by atoms with Gasteiger partial charge in [0.1, 0.15) is 22.3 Å². The van der Waals surface area contributed by atoms with Gasteiger partial charge in [0.2, 0.25) is 0 Å². The molecule has 10 aromatic rings. The van der Waals surface area contributed by atoms with Crippen molar-refractivity contribution in [1.82, 2.24) is 15.0 Å². The third-order valence-corrected chi connectivity index (χ3v) is 10.9. The van der Waals surface area contributed by atoms with Crippen molar-refractivity contribution >= 4 is 43.9 Å². The van der Waals surface area contributed by atoms with Crippen molar-refractivity contribution in [1.29, 1.82) is 0 Å². The topological polar surface area (TPSA) is 65.0 Å². The van der Waals surface area contributed by atoms with Gasteiger partial charge in [0.25, 0.3) is 0 Å². The van der Waals surface area contributed by atoms with Gasteiger partial charge < -0.3 is 8.83 Å². The molecule has 7 aromatic carbocycles. The molecule has 0 amide bonds. The summed E-state index contributed by atoms with van der Waals surface area (Å²) in [6.07, 6.45) is 9.76. The Morgan fingerprint density at radius 2 is 1.02 bits per heavy atom. The van der Waals surface area contributed by atoms with E-state index in [1.807, 2.05) is 42.5 Å². The predicted molar refractivity (Wildman–Crippen MR) is 227 cm³/mol. The summed E-state index contributed by atoms with van der Waals surface area (Å²) in [5.41, 5.74) is 11.7. The molecule has 0 saturated heterocycles. The van der Waals surface area contributed by atoms with Crippen molar-refractivity contribution in [2.75, 3.05) is 0 Å². The number of benzene rings is 7. The second-order valence-corrected chi connectivity index (χ2v) is 14.3. The number of furan rings is 2. The van der Waals surface area contributed by atoms with Crippen LogP contribution in [0.1, 0.15) is 17.9 Å². The van der Waals surface area contributed by atoms with E-state index < -0.39 is 0 Å². The summed E-state index contributed by atoms with van der Waals surface area (Å²) in [4.78, 5) is 15.5. The van der Waals surface area contributed by atoms with Crippen LogP contribution in [0.25, 0.3) is 100 Å². The van der Waals surface area contributed by atoms with Crippen LogP contribution in [0.2, 0.25) is 0 Å². The lowest BCUT2D eigenvalue weighted by molar-refractivity contribution is 0.668. The standard InChI is InChI=1S/C51H33N3O2/c1-3-12-32(13-4-1)34-16-9-17-35(28-34)36-18-10-19-38(29-36)49-52-50(54-51(53-49)43-21-11-23-45-48(43)42-20-7-8-22-44(42)55-45)39-25-27-41-40-26-24-37(33-14-5-2-6-15-33)30-46(40)56-47(41)31-39/h1-12,14-32H,13H2. The number of hydrogen-bond donors (Lipinski definition) is 0. The Morgan fingerprint density at radius 1 is 0.411 bits per heavy atom. The number of nitrogens with zero attached hydrogens (tertiary/aromatic N) is 3. The first-order valence-corrected chi connectivity index (χ1v) is 18.9. The lowest BCUT2D eigenvalue weighted by Crippen LogP contribution is -2.00. The second kappa shape index (κ2) is 13.2. The van der Waals surface area contributed by atoms with E-state index in [0.29, 0.717) is 23.4 Å². The molecule has 0 spiro atoms. The number of hydrogen-bond acceptors (Lipinski definition) is 5. The first kappa shape index (κ1) is 32.1. The lowest BCUT2D eigenvalue weighted by atomic mass is 9.90. The predicted octanol–water partition coefficient (Wildman–Crippen LogP) is 13.6. The van der Waals surface area contributed by atoms with E-state index in [2.05, 4.69) is 140 Å². The van der Waals surface area contributed by atoms with Crippen LogP contribution in [-0.4, -0.2) is 15.0 Å². The molecule has 0 aliphatic heterocycles. The van der Waals surface area contributed by atoms with Crippen LogP contribution in [-0.2, 0) is 0 Å². The largest absolute Gasteiger partial charge is 0.456 e. The molecule has 264 valence electrons. The highest BCUT2D eigenvalue weighted by Gasteiger charge is 2.19. The fourth-order valence-corrected chi connectivity index (χ4v) is 8.06. The highest BCUT2D eigenvalue weighted by molar-refractivity contribution is 6.12. The van der Waals surface area contributed by atoms with Crippen molar-refractivity contribution in [3.05, 3.63) is 188 Å². The molecule has 5 nitrogen and oxygen atoms in total. The number of aromatic nitrogens is 3. The molecule has 56 heavy (non-hydrogen) atoms. The van der Waals surface area contributed by atoms with Gasteiger partial charge >= 0.3 is 0 Å². The van der Waals surface area contributed by atoms with Gasteiger partial charge in [-0.05, 0) is 76.7 Å². The van der Waals surface area contributed by atoms with E-state index >= 15 is 0 Å². The van der Waals surface area contributed by atoms with Gasteiger partial charge in [0.15, 0.2) is 17.5 Å². The summed E-state index contributed by atoms with van der Waals surface area (Å²) in [5.74, 6) is 2.09. The Balaban J connectivity index is 1.06. The molecule has 1 unspecified atom stereocenters. The maximum absolute atomic E-state index is 6.53. The molecule has 3 heterocycles. The van der Waals surface area contributed by atoms with Gasteiger partial charge in [-0.25, -0.2) is 15.0 Å². The highest BCUT2D eigenvalue weighted by Crippen LogP contribution is 2.39. The molecule has 0 fully saturated rings. The third kappa shape index (κ3) is 5.60. The maximum Gasteiger partial charge on any atom is 0.164 e. The molecule has 0 N–H and O–H groups in total. The summed E-state index contributed by atoms with van der Waals surface area (Å²) in [6, 6.07) is 54.5. The molecule has 0 saturated carbocycles. The molecular weight excluding hydrogens is 687 g/mol. The van der Waals surface area contributed by atoms with E-state index in [0.717, 1.165) is 89.2 Å². The maximum atomic E-state index is 6.53. The summed E-state index contributed by atoms with van der Waals surface area (Å²) in [5, 5.41) is 4.11. The Kier molecular flexibility index (Phi) is 7.56. The SMILES string of the molecule is C1=CCC(c2cccc(-c3cccc(-c4nc(-c5ccc6c(c5)oc5cc(-c7ccccc7)ccc56)nc(-c5cccc6oc7ccccc7c56)n4)c3)c2)C=C1. The number of fused-ring (bicyclic) bond motifs is 6. The normalized spacial score (nSPS) is 14.0. The van der Waals surface area contributed by atoms with E-state index in [1.54, 1.807) is 0 Å². The minimum Gasteiger partial charge on any atom is -0.456 e. The molecule has 5 heteroatoms. The molecule has 0 radical (unpaired) electrons. The molecule has 0 bridgehead atoms. The Hall–Kier alpha value is -7.37. The Bertz CT molecular complexity index is 3190. The Labute approximate surface area is 322 Å². The monoisotopic (exact) mass is 719 g/mol. The van der Waals surface area contributed by atoms with Crippen LogP contribution in [0.15, 0.2) is 191 Å². The fourth-order valence-electron chi connectivity index (χ4n) is 8.06. The smallest absolute Gasteiger partial charge is 0.164 e. The van der Waals surface area contributed by atoms with Gasteiger partial charge in [-0.2, -0.15) is 0 Å². The van der Waals surface area contributed by atoms with Crippen molar-refractivity contribution in [2.24, 2.45) is 0 Å². The first-order valence-electron chi connectivity index (χ1n) is 18.9. The van der Waals surface area contributed by atoms with Crippen LogP contribution in [0.5, 0.6) is 0 Å². The van der Waals surface area contributed by atoms with Gasteiger partial charge in [0, 0.05) is 44.2 Å². The zero-order chi connectivity index (χ0) is 37.0. The van der Waals surface area contributed by atoms with Gasteiger partial charge in [0.05, 0.1) is 0 Å². The average Bonchev–Trinajstić information content (AvgIpc) is 3.85. The van der Waals surface area contributed by atoms with Crippen LogP contribution in [0.3, 0.4) is 0 Å². The van der Waals surface area contributed by atoms with Crippen molar-refractivity contribution in [3.63, 3.8) is 0 Å². The molecule has 1 atom stereocenters. The van der Waals surface area contributed by atoms with Crippen molar-refractivity contribution in [2.45, 2.75) is 12.3 Å². The summed E-state index contributed by atoms with van der Waals surface area (Å²) in [6.45, 7) is 0. The molecule has 1 aliphatic carbocycles. The zero-order valence-electron chi connectivity index (χ0n) is 30.3. The van der Waals surface area contributed by atoms with Crippen LogP contribution >= 0.6 is 0 Å². The Morgan fingerprint density at radius 3 is 1.84 bits per heavy atom. The molecule has 11 rings (SSSR count). The fraction of sp³-hybridized carbons (Fsp3) is 0.0392. The van der Waals surface area contributed by atoms with E-state index in [1.165, 1.54) is 5.56 Å². The summed E-state index contributed by atoms with van der Waals surface area (Å²) in [7, 11) is 0. The minimum atomic E-state index is 0.369. The molecular formula is C51H33N3O2. The van der Waals surface area contributed by atoms with E-state index in [9.17, 15) is 0 Å². The van der Waals surface area contributed by atoms with Crippen LogP contribution < -0.4 is 0 Å². The summed E-state index contributed by atoms with van der Waals surface area (Å²) >= 11 is 0. The number of rotatable bonds is 6. The molecule has 3 aromatic heterocycles. The van der Waals surface area contributed by atoms with Crippen molar-refractivity contribution in [3.8, 4) is 56.4 Å². The molecule has 1 aliphatic rings. The second-order valence-electron chi connectivity index (χ2n) is 14.3. The number of para-hydroxylation sites is 1. The van der Waals surface area contributed by atoms with E-state index in [-0.39, 0.29) is 0 Å². The lowest BCUT2D eigenvalue weighted by Gasteiger charge is -2.15. The summed E-state index contributed by atoms with van der Waals surface area (Å²) < 4.78 is 12.8. The zero-order valence-corrected chi connectivity index (χ0v) is 30.3.